The molecule has 138 valence electrons. The van der Waals surface area contributed by atoms with E-state index in [1.807, 2.05) is 43.3 Å². The van der Waals surface area contributed by atoms with E-state index in [2.05, 4.69) is 0 Å². The molecule has 0 N–H and O–H groups in total. The van der Waals surface area contributed by atoms with Crippen LogP contribution in [0.15, 0.2) is 54.6 Å². The number of nitrogens with zero attached hydrogens (tertiary/aromatic N) is 1. The van der Waals surface area contributed by atoms with Gasteiger partial charge in [0.2, 0.25) is 0 Å². The number of carbonyl (C=O) groups is 2. The highest BCUT2D eigenvalue weighted by Gasteiger charge is 2.25. The van der Waals surface area contributed by atoms with Crippen molar-refractivity contribution in [2.45, 2.75) is 26.3 Å². The summed E-state index contributed by atoms with van der Waals surface area (Å²) in [6.45, 7) is 4.31. The maximum absolute atomic E-state index is 13.2. The molecular weight excluding hydrogens is 330 g/mol. The standard InChI is InChI=1S/C21H25NO4/c1-4-26-20(23)14-15-22(16(2)17-10-6-5-7-11-17)21(24)18-12-8-9-13-19(18)25-3/h5-13,16H,4,14-15H2,1-3H3. The molecule has 0 heterocycles. The highest BCUT2D eigenvalue weighted by molar-refractivity contribution is 5.97. The van der Waals surface area contributed by atoms with Crippen molar-refractivity contribution in [3.8, 4) is 5.75 Å². The summed E-state index contributed by atoms with van der Waals surface area (Å²) in [7, 11) is 1.54. The molecule has 0 aliphatic carbocycles. The number of esters is 1. The molecule has 5 nitrogen and oxygen atoms in total. The number of rotatable bonds is 8. The second-order valence-electron chi connectivity index (χ2n) is 5.84. The third-order valence-electron chi connectivity index (χ3n) is 4.21. The predicted octanol–water partition coefficient (Wildman–Crippen LogP) is 3.85. The fourth-order valence-corrected chi connectivity index (χ4v) is 2.80. The molecule has 0 aliphatic heterocycles. The van der Waals surface area contributed by atoms with Gasteiger partial charge >= 0.3 is 5.97 Å². The number of hydrogen-bond donors (Lipinski definition) is 0. The second kappa shape index (κ2) is 9.61. The summed E-state index contributed by atoms with van der Waals surface area (Å²) in [5, 5.41) is 0. The van der Waals surface area contributed by atoms with Gasteiger partial charge < -0.3 is 14.4 Å². The van der Waals surface area contributed by atoms with E-state index < -0.39 is 0 Å². The molecule has 1 amide bonds. The molecule has 0 saturated carbocycles. The van der Waals surface area contributed by atoms with Gasteiger partial charge in [-0.3, -0.25) is 9.59 Å². The van der Waals surface area contributed by atoms with E-state index >= 15 is 0 Å². The number of benzene rings is 2. The number of carbonyl (C=O) groups excluding carboxylic acids is 2. The van der Waals surface area contributed by atoms with Gasteiger partial charge in [0.05, 0.1) is 31.7 Å². The lowest BCUT2D eigenvalue weighted by molar-refractivity contribution is -0.143. The Bertz CT molecular complexity index is 730. The highest BCUT2D eigenvalue weighted by Crippen LogP contribution is 2.26. The molecule has 0 aliphatic rings. The van der Waals surface area contributed by atoms with Crippen LogP contribution in [-0.2, 0) is 9.53 Å². The van der Waals surface area contributed by atoms with Crippen LogP contribution in [0.4, 0.5) is 0 Å². The highest BCUT2D eigenvalue weighted by atomic mass is 16.5. The van der Waals surface area contributed by atoms with Crippen LogP contribution < -0.4 is 4.74 Å². The molecule has 0 radical (unpaired) electrons. The third-order valence-corrected chi connectivity index (χ3v) is 4.21. The zero-order valence-corrected chi connectivity index (χ0v) is 15.5. The molecule has 0 fully saturated rings. The van der Waals surface area contributed by atoms with Crippen LogP contribution in [-0.4, -0.2) is 37.0 Å². The average Bonchev–Trinajstić information content (AvgIpc) is 2.68. The number of hydrogen-bond acceptors (Lipinski definition) is 4. The van der Waals surface area contributed by atoms with Crippen molar-refractivity contribution >= 4 is 11.9 Å². The van der Waals surface area contributed by atoms with Crippen LogP contribution in [0.5, 0.6) is 5.75 Å². The lowest BCUT2D eigenvalue weighted by atomic mass is 10.0. The Morgan fingerprint density at radius 1 is 1.04 bits per heavy atom. The molecule has 2 aromatic carbocycles. The van der Waals surface area contributed by atoms with Gasteiger partial charge in [0.15, 0.2) is 0 Å². The fraction of sp³-hybridized carbons (Fsp3) is 0.333. The monoisotopic (exact) mass is 355 g/mol. The van der Waals surface area contributed by atoms with Crippen LogP contribution in [0.3, 0.4) is 0 Å². The maximum Gasteiger partial charge on any atom is 0.307 e. The van der Waals surface area contributed by atoms with Crippen molar-refractivity contribution in [3.05, 3.63) is 65.7 Å². The number of amides is 1. The maximum atomic E-state index is 13.2. The van der Waals surface area contributed by atoms with Crippen LogP contribution >= 0.6 is 0 Å². The molecule has 5 heteroatoms. The average molecular weight is 355 g/mol. The fourth-order valence-electron chi connectivity index (χ4n) is 2.80. The van der Waals surface area contributed by atoms with Crippen LogP contribution in [0, 0.1) is 0 Å². The first-order chi connectivity index (χ1) is 12.6. The first kappa shape index (κ1) is 19.5. The van der Waals surface area contributed by atoms with Crippen molar-refractivity contribution in [2.24, 2.45) is 0 Å². The Kier molecular flexibility index (Phi) is 7.21. The van der Waals surface area contributed by atoms with Gasteiger partial charge in [0, 0.05) is 6.54 Å². The largest absolute Gasteiger partial charge is 0.496 e. The van der Waals surface area contributed by atoms with Gasteiger partial charge in [0.25, 0.3) is 5.91 Å². The second-order valence-corrected chi connectivity index (χ2v) is 5.84. The Labute approximate surface area is 154 Å². The lowest BCUT2D eigenvalue weighted by Gasteiger charge is -2.30. The molecule has 0 aromatic heterocycles. The Morgan fingerprint density at radius 3 is 2.35 bits per heavy atom. The van der Waals surface area contributed by atoms with E-state index in [-0.39, 0.29) is 30.9 Å². The molecule has 1 unspecified atom stereocenters. The van der Waals surface area contributed by atoms with Gasteiger partial charge in [0.1, 0.15) is 5.75 Å². The van der Waals surface area contributed by atoms with Gasteiger partial charge in [-0.25, -0.2) is 0 Å². The Hall–Kier alpha value is -2.82. The minimum Gasteiger partial charge on any atom is -0.496 e. The number of ether oxygens (including phenoxy) is 2. The van der Waals surface area contributed by atoms with Gasteiger partial charge in [-0.05, 0) is 31.5 Å². The van der Waals surface area contributed by atoms with E-state index in [0.29, 0.717) is 17.9 Å². The number of methoxy groups -OCH3 is 1. The van der Waals surface area contributed by atoms with E-state index in [1.165, 1.54) is 7.11 Å². The summed E-state index contributed by atoms with van der Waals surface area (Å²) in [6, 6.07) is 16.6. The Morgan fingerprint density at radius 2 is 1.69 bits per heavy atom. The zero-order chi connectivity index (χ0) is 18.9. The summed E-state index contributed by atoms with van der Waals surface area (Å²) in [4.78, 5) is 26.7. The van der Waals surface area contributed by atoms with Crippen molar-refractivity contribution in [2.75, 3.05) is 20.3 Å². The first-order valence-corrected chi connectivity index (χ1v) is 8.73. The molecule has 2 aromatic rings. The van der Waals surface area contributed by atoms with Crippen molar-refractivity contribution in [1.82, 2.24) is 4.90 Å². The zero-order valence-electron chi connectivity index (χ0n) is 15.5. The summed E-state index contributed by atoms with van der Waals surface area (Å²) in [5.74, 6) is 0.0209. The molecule has 0 bridgehead atoms. The van der Waals surface area contributed by atoms with E-state index in [0.717, 1.165) is 5.56 Å². The third kappa shape index (κ3) is 4.85. The molecule has 0 saturated heterocycles. The van der Waals surface area contributed by atoms with Crippen LogP contribution in [0.25, 0.3) is 0 Å². The quantitative estimate of drug-likeness (QED) is 0.675. The molecule has 0 spiro atoms. The SMILES string of the molecule is CCOC(=O)CCN(C(=O)c1ccccc1OC)C(C)c1ccccc1. The van der Waals surface area contributed by atoms with Crippen molar-refractivity contribution in [3.63, 3.8) is 0 Å². The number of para-hydroxylation sites is 1. The molecule has 1 atom stereocenters. The predicted molar refractivity (Wildman–Crippen MR) is 100 cm³/mol. The molecular formula is C21H25NO4. The molecule has 2 rings (SSSR count). The normalized spacial score (nSPS) is 11.5. The summed E-state index contributed by atoms with van der Waals surface area (Å²) < 4.78 is 10.3. The van der Waals surface area contributed by atoms with Crippen LogP contribution in [0.2, 0.25) is 0 Å². The van der Waals surface area contributed by atoms with E-state index in [9.17, 15) is 9.59 Å². The van der Waals surface area contributed by atoms with Crippen LogP contribution in [0.1, 0.15) is 42.2 Å². The Balaban J connectivity index is 2.29. The van der Waals surface area contributed by atoms with Gasteiger partial charge in [-0.15, -0.1) is 0 Å². The summed E-state index contributed by atoms with van der Waals surface area (Å²) in [5.41, 5.74) is 1.47. The van der Waals surface area contributed by atoms with Crippen molar-refractivity contribution < 1.29 is 19.1 Å². The van der Waals surface area contributed by atoms with E-state index in [1.54, 1.807) is 30.0 Å². The summed E-state index contributed by atoms with van der Waals surface area (Å²) >= 11 is 0. The summed E-state index contributed by atoms with van der Waals surface area (Å²) in [6.07, 6.45) is 0.145. The van der Waals surface area contributed by atoms with E-state index in [4.69, 9.17) is 9.47 Å². The topological polar surface area (TPSA) is 55.8 Å². The molecule has 26 heavy (non-hydrogen) atoms. The smallest absolute Gasteiger partial charge is 0.307 e. The van der Waals surface area contributed by atoms with Gasteiger partial charge in [-0.1, -0.05) is 42.5 Å². The minimum atomic E-state index is -0.314. The van der Waals surface area contributed by atoms with Crippen molar-refractivity contribution in [1.29, 1.82) is 0 Å². The minimum absolute atomic E-state index is 0.145. The first-order valence-electron chi connectivity index (χ1n) is 8.73. The lowest BCUT2D eigenvalue weighted by Crippen LogP contribution is -2.35. The van der Waals surface area contributed by atoms with Gasteiger partial charge in [-0.2, -0.15) is 0 Å².